The van der Waals surface area contributed by atoms with E-state index in [0.717, 1.165) is 43.9 Å². The molecule has 8 aliphatic rings. The van der Waals surface area contributed by atoms with Gasteiger partial charge in [-0.2, -0.15) is 17.2 Å². The lowest BCUT2D eigenvalue weighted by atomic mass is 9.48. The Balaban J connectivity index is 1.09. The summed E-state index contributed by atoms with van der Waals surface area (Å²) in [5.41, 5.74) is -5.48. The number of ether oxygens (including phenoxy) is 4. The molecule has 0 radical (unpaired) electrons. The van der Waals surface area contributed by atoms with Gasteiger partial charge in [-0.05, 0) is 62.2 Å². The molecule has 2 atom stereocenters. The van der Waals surface area contributed by atoms with Crippen LogP contribution >= 0.6 is 0 Å². The summed E-state index contributed by atoms with van der Waals surface area (Å²) in [6.45, 7) is 0.522. The topological polar surface area (TPSA) is 166 Å². The number of esters is 2. The third-order valence-corrected chi connectivity index (χ3v) is 11.9. The minimum Gasteiger partial charge on any atom is -0.458 e. The maximum Gasteiger partial charge on any atom is 0.465 e. The van der Waals surface area contributed by atoms with Crippen molar-refractivity contribution in [2.75, 3.05) is 19.8 Å². The molecule has 42 heavy (non-hydrogen) atoms. The van der Waals surface area contributed by atoms with Crippen molar-refractivity contribution in [3.8, 4) is 0 Å². The first-order valence-electron chi connectivity index (χ1n) is 14.9. The Morgan fingerprint density at radius 1 is 0.833 bits per heavy atom. The van der Waals surface area contributed by atoms with E-state index in [9.17, 15) is 37.0 Å². The van der Waals surface area contributed by atoms with Crippen LogP contribution in [0.2, 0.25) is 0 Å². The fraction of sp³-hybridized carbons (Fsp3) is 0.929. The Morgan fingerprint density at radius 2 is 1.36 bits per heavy atom. The van der Waals surface area contributed by atoms with Crippen LogP contribution < -0.4 is 0 Å². The molecule has 0 saturated heterocycles. The molecule has 238 valence electrons. The molecular weight excluding hydrogens is 582 g/mol. The Bertz CT molecular complexity index is 1190. The number of halogens is 2. The number of alkyl halides is 2. The van der Waals surface area contributed by atoms with E-state index in [1.807, 2.05) is 0 Å². The van der Waals surface area contributed by atoms with Crippen molar-refractivity contribution < 1.29 is 60.5 Å². The zero-order valence-electron chi connectivity index (χ0n) is 23.7. The Labute approximate surface area is 243 Å². The van der Waals surface area contributed by atoms with Gasteiger partial charge in [0.05, 0.1) is 29.0 Å². The van der Waals surface area contributed by atoms with Gasteiger partial charge in [-0.15, -0.1) is 0 Å². The molecular formula is C28H40F2O11S. The van der Waals surface area contributed by atoms with Gasteiger partial charge in [-0.3, -0.25) is 4.55 Å². The summed E-state index contributed by atoms with van der Waals surface area (Å²) < 4.78 is 79.7. The Morgan fingerprint density at radius 3 is 1.86 bits per heavy atom. The molecule has 8 fully saturated rings. The zero-order chi connectivity index (χ0) is 30.4. The fourth-order valence-corrected chi connectivity index (χ4v) is 10.8. The molecule has 8 aliphatic carbocycles. The average molecular weight is 623 g/mol. The second-order valence-corrected chi connectivity index (χ2v) is 15.7. The number of hydrogen-bond acceptors (Lipinski definition) is 10. The van der Waals surface area contributed by atoms with Gasteiger partial charge in [-0.25, -0.2) is 9.59 Å². The summed E-state index contributed by atoms with van der Waals surface area (Å²) in [6.07, 6.45) is 7.20. The van der Waals surface area contributed by atoms with Crippen LogP contribution in [0.15, 0.2) is 0 Å². The van der Waals surface area contributed by atoms with Gasteiger partial charge in [0.2, 0.25) is 0 Å². The van der Waals surface area contributed by atoms with E-state index in [1.54, 1.807) is 0 Å². The summed E-state index contributed by atoms with van der Waals surface area (Å²) in [5.74, 6) is -0.776. The zero-order valence-corrected chi connectivity index (χ0v) is 24.5. The highest BCUT2D eigenvalue weighted by Gasteiger charge is 2.69. The minimum atomic E-state index is -6.00. The highest BCUT2D eigenvalue weighted by atomic mass is 32.2. The average Bonchev–Trinajstić information content (AvgIpc) is 2.84. The van der Waals surface area contributed by atoms with Crippen LogP contribution in [0.1, 0.15) is 84.0 Å². The van der Waals surface area contributed by atoms with E-state index in [-0.39, 0.29) is 45.1 Å². The van der Waals surface area contributed by atoms with Gasteiger partial charge in [0.15, 0.2) is 0 Å². The smallest absolute Gasteiger partial charge is 0.458 e. The monoisotopic (exact) mass is 622 g/mol. The molecule has 0 aliphatic heterocycles. The van der Waals surface area contributed by atoms with Crippen molar-refractivity contribution in [2.24, 2.45) is 23.7 Å². The lowest BCUT2D eigenvalue weighted by molar-refractivity contribution is -0.318. The predicted octanol–water partition coefficient (Wildman–Crippen LogP) is 2.51. The van der Waals surface area contributed by atoms with Gasteiger partial charge in [0, 0.05) is 38.5 Å². The molecule has 3 N–H and O–H groups in total. The summed E-state index contributed by atoms with van der Waals surface area (Å²) in [7, 11) is -6.00. The van der Waals surface area contributed by atoms with Gasteiger partial charge in [0.25, 0.3) is 0 Å². The fourth-order valence-electron chi connectivity index (χ4n) is 10.5. The molecule has 14 heteroatoms. The van der Waals surface area contributed by atoms with Crippen LogP contribution in [-0.4, -0.2) is 88.2 Å². The van der Waals surface area contributed by atoms with Crippen LogP contribution in [0.25, 0.3) is 0 Å². The first-order valence-corrected chi connectivity index (χ1v) is 16.3. The van der Waals surface area contributed by atoms with Gasteiger partial charge in [-0.1, -0.05) is 6.92 Å². The van der Waals surface area contributed by atoms with Crippen LogP contribution in [0.3, 0.4) is 0 Å². The molecule has 11 nitrogen and oxygen atoms in total. The van der Waals surface area contributed by atoms with Crippen LogP contribution in [0, 0.1) is 23.7 Å². The van der Waals surface area contributed by atoms with Gasteiger partial charge < -0.3 is 29.2 Å². The van der Waals surface area contributed by atoms with Crippen molar-refractivity contribution in [3.05, 3.63) is 0 Å². The summed E-state index contributed by atoms with van der Waals surface area (Å²) in [6, 6.07) is 0. The normalized spacial score (nSPS) is 45.3. The lowest BCUT2D eigenvalue weighted by Crippen LogP contribution is -2.73. The first-order chi connectivity index (χ1) is 19.4. The molecule has 0 heterocycles. The molecule has 0 aromatic heterocycles. The van der Waals surface area contributed by atoms with Gasteiger partial charge in [0.1, 0.15) is 18.8 Å². The third kappa shape index (κ3) is 5.07. The van der Waals surface area contributed by atoms with E-state index in [0.29, 0.717) is 11.8 Å². The quantitative estimate of drug-likeness (QED) is 0.176. The molecule has 8 bridgehead atoms. The van der Waals surface area contributed by atoms with Crippen molar-refractivity contribution in [2.45, 2.75) is 117 Å². The number of hydrogen-bond donors (Lipinski definition) is 3. The highest BCUT2D eigenvalue weighted by Crippen LogP contribution is 2.64. The Kier molecular flexibility index (Phi) is 7.11. The minimum absolute atomic E-state index is 0.0842. The van der Waals surface area contributed by atoms with E-state index in [1.165, 1.54) is 6.42 Å². The lowest BCUT2D eigenvalue weighted by Gasteiger charge is -2.66. The predicted molar refractivity (Wildman–Crippen MR) is 139 cm³/mol. The summed E-state index contributed by atoms with van der Waals surface area (Å²) in [5, 5.41) is 17.6. The maximum atomic E-state index is 13.5. The number of carbonyl (C=O) groups excluding carboxylic acids is 2. The summed E-state index contributed by atoms with van der Waals surface area (Å²) >= 11 is 0. The van der Waals surface area contributed by atoms with Crippen LogP contribution in [0.4, 0.5) is 8.78 Å². The van der Waals surface area contributed by atoms with Crippen molar-refractivity contribution in [3.63, 3.8) is 0 Å². The van der Waals surface area contributed by atoms with E-state index in [2.05, 4.69) is 11.7 Å². The van der Waals surface area contributed by atoms with E-state index in [4.69, 9.17) is 18.8 Å². The van der Waals surface area contributed by atoms with Crippen molar-refractivity contribution >= 4 is 22.1 Å². The first kappa shape index (κ1) is 30.6. The number of aliphatic hydroxyl groups is 2. The van der Waals surface area contributed by atoms with Crippen LogP contribution in [-0.2, 0) is 38.7 Å². The van der Waals surface area contributed by atoms with E-state index >= 15 is 0 Å². The molecule has 8 saturated carbocycles. The molecule has 0 amide bonds. The van der Waals surface area contributed by atoms with Crippen LogP contribution in [0.5, 0.6) is 0 Å². The Hall–Kier alpha value is -1.45. The summed E-state index contributed by atoms with van der Waals surface area (Å²) in [4.78, 5) is 24.8. The van der Waals surface area contributed by atoms with E-state index < -0.39 is 68.5 Å². The molecule has 0 spiro atoms. The molecule has 0 aromatic carbocycles. The highest BCUT2D eigenvalue weighted by molar-refractivity contribution is 7.87. The standard InChI is InChI=1S/C28H40F2O11S/c1-2-27(19-6-17-5-18(8-19)9-20(27)7-17)41-21(31)10-40-26-14-23(33)11-24(34,15-26)13-25(12-23,16-26)39-4-3-38-22(32)28(29,30)42(35,36)37/h17-20,33-34H,2-16H2,1H3,(H,35,36,37). The maximum absolute atomic E-state index is 13.5. The molecule has 0 aromatic rings. The largest absolute Gasteiger partial charge is 0.465 e. The molecule has 8 rings (SSSR count). The number of rotatable bonds is 11. The second kappa shape index (κ2) is 9.77. The van der Waals surface area contributed by atoms with Gasteiger partial charge >= 0.3 is 27.3 Å². The number of carbonyl (C=O) groups is 2. The third-order valence-electron chi connectivity index (χ3n) is 11.1. The SMILES string of the molecule is CCC1(OC(=O)COC23CC4(O)CC(O)(CC(OCCOC(=O)C(F)(F)S(=O)(=O)O)(C4)C2)C3)C2CC3CC(C2)CC1C3. The molecule has 2 unspecified atom stereocenters. The second-order valence-electron chi connectivity index (χ2n) is 14.2. The van der Waals surface area contributed by atoms with Crippen molar-refractivity contribution in [1.29, 1.82) is 0 Å². The van der Waals surface area contributed by atoms with Crippen molar-refractivity contribution in [1.82, 2.24) is 0 Å².